The van der Waals surface area contributed by atoms with Crippen molar-refractivity contribution in [3.8, 4) is 0 Å². The largest absolute Gasteiger partial charge is 0.273 e. The van der Waals surface area contributed by atoms with Gasteiger partial charge in [-0.15, -0.1) is 0 Å². The number of unbranched alkanes of at least 4 members (excludes halogenated alkanes) is 12. The average Bonchev–Trinajstić information content (AvgIpc) is 2.69. The van der Waals surface area contributed by atoms with Gasteiger partial charge in [-0.1, -0.05) is 119 Å². The molecule has 158 valence electrons. The van der Waals surface area contributed by atoms with Gasteiger partial charge in [0, 0.05) is 12.0 Å². The third-order valence-corrected chi connectivity index (χ3v) is 5.72. The number of benzene rings is 1. The van der Waals surface area contributed by atoms with Crippen LogP contribution in [-0.2, 0) is 4.79 Å². The van der Waals surface area contributed by atoms with E-state index in [0.717, 1.165) is 12.8 Å². The van der Waals surface area contributed by atoms with Crippen molar-refractivity contribution < 1.29 is 4.79 Å². The van der Waals surface area contributed by atoms with Crippen molar-refractivity contribution in [1.82, 2.24) is 5.43 Å². The van der Waals surface area contributed by atoms with Gasteiger partial charge in [0.05, 0.1) is 16.3 Å². The summed E-state index contributed by atoms with van der Waals surface area (Å²) in [5, 5.41) is 4.88. The number of carbonyl (C=O) groups is 1. The molecule has 0 fully saturated rings. The number of hydrogen-bond donors (Lipinski definition) is 1. The molecule has 0 bridgehead atoms. The van der Waals surface area contributed by atoms with Crippen molar-refractivity contribution in [2.75, 3.05) is 0 Å². The van der Waals surface area contributed by atoms with E-state index < -0.39 is 0 Å². The molecule has 3 nitrogen and oxygen atoms in total. The molecule has 1 aromatic carbocycles. The zero-order chi connectivity index (χ0) is 20.5. The summed E-state index contributed by atoms with van der Waals surface area (Å²) < 4.78 is 0. The van der Waals surface area contributed by atoms with Crippen molar-refractivity contribution >= 4 is 35.3 Å². The Labute approximate surface area is 181 Å². The van der Waals surface area contributed by atoms with Crippen LogP contribution in [0.1, 0.15) is 102 Å². The molecular weight excluding hydrogens is 391 g/mol. The minimum atomic E-state index is -0.0579. The second kappa shape index (κ2) is 16.9. The first-order chi connectivity index (χ1) is 13.6. The lowest BCUT2D eigenvalue weighted by Gasteiger charge is -2.03. The van der Waals surface area contributed by atoms with Crippen LogP contribution in [0.4, 0.5) is 0 Å². The second-order valence-corrected chi connectivity index (χ2v) is 8.21. The molecular formula is C23H36Cl2N2O. The second-order valence-electron chi connectivity index (χ2n) is 7.43. The molecule has 1 rings (SSSR count). The van der Waals surface area contributed by atoms with Crippen molar-refractivity contribution in [1.29, 1.82) is 0 Å². The highest BCUT2D eigenvalue weighted by molar-refractivity contribution is 6.43. The van der Waals surface area contributed by atoms with E-state index in [4.69, 9.17) is 23.2 Å². The Morgan fingerprint density at radius 2 is 1.43 bits per heavy atom. The van der Waals surface area contributed by atoms with E-state index >= 15 is 0 Å². The van der Waals surface area contributed by atoms with Gasteiger partial charge < -0.3 is 0 Å². The smallest absolute Gasteiger partial charge is 0.240 e. The Balaban J connectivity index is 1.94. The molecule has 1 N–H and O–H groups in total. The number of halogens is 2. The number of nitrogens with zero attached hydrogens (tertiary/aromatic N) is 1. The fourth-order valence-electron chi connectivity index (χ4n) is 3.15. The summed E-state index contributed by atoms with van der Waals surface area (Å²) in [6, 6.07) is 5.32. The molecule has 0 saturated carbocycles. The van der Waals surface area contributed by atoms with Crippen molar-refractivity contribution in [3.05, 3.63) is 33.8 Å². The summed E-state index contributed by atoms with van der Waals surface area (Å²) >= 11 is 12.0. The summed E-state index contributed by atoms with van der Waals surface area (Å²) in [6.07, 6.45) is 18.9. The van der Waals surface area contributed by atoms with Gasteiger partial charge in [-0.25, -0.2) is 5.43 Å². The van der Waals surface area contributed by atoms with Crippen LogP contribution in [0.5, 0.6) is 0 Å². The maximum Gasteiger partial charge on any atom is 0.240 e. The van der Waals surface area contributed by atoms with Crippen molar-refractivity contribution in [2.45, 2.75) is 96.8 Å². The van der Waals surface area contributed by atoms with Crippen LogP contribution in [0.25, 0.3) is 0 Å². The molecule has 0 atom stereocenters. The number of rotatable bonds is 16. The van der Waals surface area contributed by atoms with Gasteiger partial charge in [0.25, 0.3) is 0 Å². The lowest BCUT2D eigenvalue weighted by atomic mass is 10.0. The molecule has 0 aliphatic heterocycles. The summed E-state index contributed by atoms with van der Waals surface area (Å²) in [5.74, 6) is -0.0579. The monoisotopic (exact) mass is 426 g/mol. The fourth-order valence-corrected chi connectivity index (χ4v) is 3.51. The van der Waals surface area contributed by atoms with Gasteiger partial charge in [0.1, 0.15) is 0 Å². The van der Waals surface area contributed by atoms with Crippen LogP contribution in [0, 0.1) is 0 Å². The molecule has 28 heavy (non-hydrogen) atoms. The third-order valence-electron chi connectivity index (χ3n) is 4.88. The first-order valence-electron chi connectivity index (χ1n) is 10.9. The first-order valence-corrected chi connectivity index (χ1v) is 11.7. The fraction of sp³-hybridized carbons (Fsp3) is 0.652. The SMILES string of the molecule is CCCCCCCCCCCCCCCC(=O)N/N=C\c1cccc(Cl)c1Cl. The molecule has 0 aliphatic carbocycles. The van der Waals surface area contributed by atoms with Crippen molar-refractivity contribution in [3.63, 3.8) is 0 Å². The van der Waals surface area contributed by atoms with Crippen molar-refractivity contribution in [2.24, 2.45) is 5.10 Å². The Morgan fingerprint density at radius 3 is 2.00 bits per heavy atom. The van der Waals surface area contributed by atoms with Crippen LogP contribution in [0.3, 0.4) is 0 Å². The summed E-state index contributed by atoms with van der Waals surface area (Å²) in [6.45, 7) is 2.26. The van der Waals surface area contributed by atoms with Gasteiger partial charge >= 0.3 is 0 Å². The van der Waals surface area contributed by atoms with Crippen LogP contribution >= 0.6 is 23.2 Å². The molecule has 0 saturated heterocycles. The van der Waals surface area contributed by atoms with Gasteiger partial charge in [-0.05, 0) is 12.5 Å². The number of carbonyl (C=O) groups excluding carboxylic acids is 1. The molecule has 5 heteroatoms. The number of hydrogen-bond acceptors (Lipinski definition) is 2. The van der Waals surface area contributed by atoms with E-state index in [1.54, 1.807) is 18.2 Å². The van der Waals surface area contributed by atoms with Gasteiger partial charge in [-0.2, -0.15) is 5.10 Å². The first kappa shape index (κ1) is 25.0. The lowest BCUT2D eigenvalue weighted by Crippen LogP contribution is -2.16. The van der Waals surface area contributed by atoms with E-state index in [2.05, 4.69) is 17.5 Å². The van der Waals surface area contributed by atoms with Gasteiger partial charge in [-0.3, -0.25) is 4.79 Å². The summed E-state index contributed by atoms with van der Waals surface area (Å²) in [5.41, 5.74) is 3.24. The van der Waals surface area contributed by atoms with Crippen LogP contribution in [0.2, 0.25) is 10.0 Å². The molecule has 0 aromatic heterocycles. The molecule has 0 spiro atoms. The highest BCUT2D eigenvalue weighted by Gasteiger charge is 2.02. The van der Waals surface area contributed by atoms with E-state index in [0.29, 0.717) is 22.0 Å². The minimum absolute atomic E-state index is 0.0579. The van der Waals surface area contributed by atoms with E-state index in [1.165, 1.54) is 76.8 Å². The molecule has 1 aromatic rings. The van der Waals surface area contributed by atoms with E-state index in [1.807, 2.05) is 0 Å². The zero-order valence-corrected chi connectivity index (χ0v) is 18.8. The maximum atomic E-state index is 11.8. The molecule has 0 aliphatic rings. The Bertz CT molecular complexity index is 576. The zero-order valence-electron chi connectivity index (χ0n) is 17.3. The quantitative estimate of drug-likeness (QED) is 0.162. The number of hydrazone groups is 1. The Kier molecular flexibility index (Phi) is 15.0. The highest BCUT2D eigenvalue weighted by Crippen LogP contribution is 2.24. The average molecular weight is 427 g/mol. The topological polar surface area (TPSA) is 41.5 Å². The van der Waals surface area contributed by atoms with E-state index in [9.17, 15) is 4.79 Å². The predicted molar refractivity (Wildman–Crippen MR) is 123 cm³/mol. The van der Waals surface area contributed by atoms with Gasteiger partial charge in [0.15, 0.2) is 0 Å². The van der Waals surface area contributed by atoms with E-state index in [-0.39, 0.29) is 5.91 Å². The van der Waals surface area contributed by atoms with Crippen LogP contribution in [0.15, 0.2) is 23.3 Å². The van der Waals surface area contributed by atoms with Crippen LogP contribution < -0.4 is 5.43 Å². The molecule has 0 unspecified atom stereocenters. The predicted octanol–water partition coefficient (Wildman–Crippen LogP) is 7.92. The maximum absolute atomic E-state index is 11.8. The molecule has 0 radical (unpaired) electrons. The number of amides is 1. The highest BCUT2D eigenvalue weighted by atomic mass is 35.5. The molecule has 1 amide bonds. The molecule has 0 heterocycles. The summed E-state index contributed by atoms with van der Waals surface area (Å²) in [7, 11) is 0. The normalized spacial score (nSPS) is 11.2. The minimum Gasteiger partial charge on any atom is -0.273 e. The Morgan fingerprint density at radius 1 is 0.893 bits per heavy atom. The number of nitrogens with one attached hydrogen (secondary N) is 1. The van der Waals surface area contributed by atoms with Crippen LogP contribution in [-0.4, -0.2) is 12.1 Å². The third kappa shape index (κ3) is 12.4. The summed E-state index contributed by atoms with van der Waals surface area (Å²) in [4.78, 5) is 11.8. The Hall–Kier alpha value is -1.06. The van der Waals surface area contributed by atoms with Gasteiger partial charge in [0.2, 0.25) is 5.91 Å². The lowest BCUT2D eigenvalue weighted by molar-refractivity contribution is -0.121. The standard InChI is InChI=1S/C23H36Cl2N2O/c1-2-3-4-5-6-7-8-9-10-11-12-13-14-18-22(28)27-26-19-20-16-15-17-21(24)23(20)25/h15-17,19H,2-14,18H2,1H3,(H,27,28)/b26-19-.